The molecular weight excluding hydrogens is 538 g/mol. The molecule has 2 N–H and O–H groups in total. The van der Waals surface area contributed by atoms with Gasteiger partial charge in [-0.1, -0.05) is 64.5 Å². The van der Waals surface area contributed by atoms with Gasteiger partial charge in [-0.25, -0.2) is 4.79 Å². The van der Waals surface area contributed by atoms with E-state index < -0.39 is 36.6 Å². The first-order valence-corrected chi connectivity index (χ1v) is 12.3. The molecule has 192 valence electrons. The monoisotopic (exact) mass is 565 g/mol. The van der Waals surface area contributed by atoms with Crippen LogP contribution in [-0.4, -0.2) is 42.4 Å². The van der Waals surface area contributed by atoms with E-state index >= 15 is 0 Å². The minimum Gasteiger partial charge on any atom is -0.459 e. The van der Waals surface area contributed by atoms with Crippen LogP contribution in [0.25, 0.3) is 0 Å². The van der Waals surface area contributed by atoms with Crippen LogP contribution in [0.3, 0.4) is 0 Å². The van der Waals surface area contributed by atoms with Crippen LogP contribution < -0.4 is 15.5 Å². The molecule has 3 aromatic carbocycles. The number of nitrogens with one attached hydrogen (secondary N) is 2. The highest BCUT2D eigenvalue weighted by Gasteiger charge is 2.27. The van der Waals surface area contributed by atoms with Gasteiger partial charge < -0.3 is 15.4 Å². The van der Waals surface area contributed by atoms with Crippen molar-refractivity contribution in [1.82, 2.24) is 5.32 Å². The highest BCUT2D eigenvalue weighted by atomic mass is 79.9. The van der Waals surface area contributed by atoms with Crippen molar-refractivity contribution in [1.29, 1.82) is 0 Å². The Morgan fingerprint density at radius 3 is 2.24 bits per heavy atom. The van der Waals surface area contributed by atoms with E-state index in [4.69, 9.17) is 4.74 Å². The number of carbonyl (C=O) groups excluding carboxylic acids is 4. The molecule has 8 nitrogen and oxygen atoms in total. The number of ketones is 1. The van der Waals surface area contributed by atoms with Gasteiger partial charge in [0.2, 0.25) is 5.91 Å². The molecule has 37 heavy (non-hydrogen) atoms. The second-order valence-corrected chi connectivity index (χ2v) is 10.0. The summed E-state index contributed by atoms with van der Waals surface area (Å²) in [5.74, 6) is -1.55. The van der Waals surface area contributed by atoms with Gasteiger partial charge in [0, 0.05) is 21.3 Å². The zero-order valence-electron chi connectivity index (χ0n) is 20.8. The van der Waals surface area contributed by atoms with Crippen LogP contribution >= 0.6 is 15.9 Å². The molecule has 0 bridgehead atoms. The van der Waals surface area contributed by atoms with E-state index in [1.165, 1.54) is 0 Å². The van der Waals surface area contributed by atoms with E-state index in [1.807, 2.05) is 6.07 Å². The quantitative estimate of drug-likeness (QED) is 0.289. The zero-order valence-corrected chi connectivity index (χ0v) is 22.4. The summed E-state index contributed by atoms with van der Waals surface area (Å²) in [7, 11) is 0. The predicted molar refractivity (Wildman–Crippen MR) is 146 cm³/mol. The van der Waals surface area contributed by atoms with Crippen LogP contribution in [0.15, 0.2) is 83.3 Å². The fourth-order valence-corrected chi connectivity index (χ4v) is 3.85. The number of hydrogen-bond donors (Lipinski definition) is 2. The lowest BCUT2D eigenvalue weighted by molar-refractivity contribution is -0.153. The van der Waals surface area contributed by atoms with Crippen LogP contribution in [0.1, 0.15) is 36.7 Å². The number of nitrogens with zero attached hydrogens (tertiary/aromatic N) is 1. The number of urea groups is 1. The van der Waals surface area contributed by atoms with E-state index in [-0.39, 0.29) is 17.0 Å². The van der Waals surface area contributed by atoms with Gasteiger partial charge in [0.05, 0.1) is 12.2 Å². The Kier molecular flexibility index (Phi) is 9.19. The number of carbonyl (C=O) groups is 4. The van der Waals surface area contributed by atoms with E-state index in [0.29, 0.717) is 11.3 Å². The third-order valence-corrected chi connectivity index (χ3v) is 5.46. The van der Waals surface area contributed by atoms with Gasteiger partial charge in [-0.3, -0.25) is 19.3 Å². The van der Waals surface area contributed by atoms with E-state index in [9.17, 15) is 19.2 Å². The number of para-hydroxylation sites is 1. The fraction of sp³-hybridized carbons (Fsp3) is 0.214. The average molecular weight is 566 g/mol. The summed E-state index contributed by atoms with van der Waals surface area (Å²) in [6.45, 7) is 4.30. The zero-order chi connectivity index (χ0) is 27.0. The third-order valence-electron chi connectivity index (χ3n) is 4.97. The maximum Gasteiger partial charge on any atom is 0.326 e. The van der Waals surface area contributed by atoms with Crippen molar-refractivity contribution >= 4 is 51.0 Å². The average Bonchev–Trinajstić information content (AvgIpc) is 2.85. The summed E-state index contributed by atoms with van der Waals surface area (Å²) in [5, 5.41) is 5.15. The largest absolute Gasteiger partial charge is 0.459 e. The van der Waals surface area contributed by atoms with E-state index in [1.54, 1.807) is 93.6 Å². The first-order valence-electron chi connectivity index (χ1n) is 11.5. The molecule has 3 amide bonds. The summed E-state index contributed by atoms with van der Waals surface area (Å²) >= 11 is 3.33. The van der Waals surface area contributed by atoms with Crippen molar-refractivity contribution in [2.24, 2.45) is 0 Å². The molecule has 0 unspecified atom stereocenters. The van der Waals surface area contributed by atoms with Crippen molar-refractivity contribution in [3.05, 3.63) is 94.5 Å². The molecule has 0 saturated heterocycles. The Morgan fingerprint density at radius 2 is 1.57 bits per heavy atom. The normalized spacial score (nSPS) is 10.8. The molecule has 9 heteroatoms. The number of rotatable bonds is 8. The Morgan fingerprint density at radius 1 is 0.892 bits per heavy atom. The molecule has 0 saturated carbocycles. The first-order chi connectivity index (χ1) is 17.5. The van der Waals surface area contributed by atoms with Crippen molar-refractivity contribution in [2.75, 3.05) is 23.3 Å². The van der Waals surface area contributed by atoms with Crippen molar-refractivity contribution in [3.63, 3.8) is 0 Å². The molecule has 0 aliphatic heterocycles. The Labute approximate surface area is 224 Å². The SMILES string of the molecule is CC(C)(C)OC(=O)CN(C(=O)CNC(=O)Nc1cccc(Br)c1)c1ccccc1C(=O)c1ccccc1. The molecular formula is C28H28BrN3O5. The molecule has 0 radical (unpaired) electrons. The van der Waals surface area contributed by atoms with Crippen LogP contribution in [0.5, 0.6) is 0 Å². The fourth-order valence-electron chi connectivity index (χ4n) is 3.45. The van der Waals surface area contributed by atoms with Crippen LogP contribution in [0.4, 0.5) is 16.2 Å². The summed E-state index contributed by atoms with van der Waals surface area (Å²) in [5.41, 5.74) is 0.674. The van der Waals surface area contributed by atoms with Crippen LogP contribution in [0.2, 0.25) is 0 Å². The summed E-state index contributed by atoms with van der Waals surface area (Å²) in [6, 6.07) is 21.5. The number of amides is 3. The molecule has 3 aromatic rings. The minimum absolute atomic E-state index is 0.237. The predicted octanol–water partition coefficient (Wildman–Crippen LogP) is 5.18. The standard InChI is InChI=1S/C28H28BrN3O5/c1-28(2,3)37-25(34)18-32(24(33)17-30-27(36)31-21-13-9-12-20(29)16-21)23-15-8-7-14-22(23)26(35)19-10-5-4-6-11-19/h4-16H,17-18H2,1-3H3,(H2,30,31,36). The third kappa shape index (κ3) is 8.28. The van der Waals surface area contributed by atoms with Gasteiger partial charge in [0.15, 0.2) is 5.78 Å². The molecule has 0 atom stereocenters. The van der Waals surface area contributed by atoms with Gasteiger partial charge in [0.1, 0.15) is 12.1 Å². The number of hydrogen-bond acceptors (Lipinski definition) is 5. The van der Waals surface area contributed by atoms with Gasteiger partial charge in [0.25, 0.3) is 0 Å². The molecule has 3 rings (SSSR count). The Bertz CT molecular complexity index is 1290. The van der Waals surface area contributed by atoms with Gasteiger partial charge in [-0.15, -0.1) is 0 Å². The molecule has 0 aromatic heterocycles. The Balaban J connectivity index is 1.84. The summed E-state index contributed by atoms with van der Waals surface area (Å²) < 4.78 is 6.20. The smallest absolute Gasteiger partial charge is 0.326 e. The molecule has 0 heterocycles. The lowest BCUT2D eigenvalue weighted by Crippen LogP contribution is -2.45. The van der Waals surface area contributed by atoms with Gasteiger partial charge in [-0.05, 0) is 51.1 Å². The lowest BCUT2D eigenvalue weighted by atomic mass is 10.0. The number of anilines is 2. The van der Waals surface area contributed by atoms with E-state index in [2.05, 4.69) is 26.6 Å². The number of ether oxygens (including phenoxy) is 1. The first kappa shape index (κ1) is 27.6. The number of halogens is 1. The maximum absolute atomic E-state index is 13.3. The highest BCUT2D eigenvalue weighted by molar-refractivity contribution is 9.10. The van der Waals surface area contributed by atoms with E-state index in [0.717, 1.165) is 9.37 Å². The van der Waals surface area contributed by atoms with Crippen LogP contribution in [0, 0.1) is 0 Å². The van der Waals surface area contributed by atoms with Crippen molar-refractivity contribution < 1.29 is 23.9 Å². The number of esters is 1. The highest BCUT2D eigenvalue weighted by Crippen LogP contribution is 2.24. The number of benzene rings is 3. The van der Waals surface area contributed by atoms with Crippen molar-refractivity contribution in [3.8, 4) is 0 Å². The maximum atomic E-state index is 13.3. The topological polar surface area (TPSA) is 105 Å². The molecule has 0 spiro atoms. The summed E-state index contributed by atoms with van der Waals surface area (Å²) in [4.78, 5) is 52.9. The van der Waals surface area contributed by atoms with Crippen LogP contribution in [-0.2, 0) is 14.3 Å². The molecule has 0 fully saturated rings. The second kappa shape index (κ2) is 12.3. The van der Waals surface area contributed by atoms with Gasteiger partial charge in [-0.2, -0.15) is 0 Å². The molecule has 0 aliphatic carbocycles. The summed E-state index contributed by atoms with van der Waals surface area (Å²) in [6.07, 6.45) is 0. The lowest BCUT2D eigenvalue weighted by Gasteiger charge is -2.27. The van der Waals surface area contributed by atoms with Crippen molar-refractivity contribution in [2.45, 2.75) is 26.4 Å². The molecule has 0 aliphatic rings. The Hall–Kier alpha value is -3.98. The van der Waals surface area contributed by atoms with Gasteiger partial charge >= 0.3 is 12.0 Å². The minimum atomic E-state index is -0.771. The second-order valence-electron chi connectivity index (χ2n) is 9.10.